The number of Topliss-reactive ketones (excluding diaryl/α,β-unsaturated/α-hetero) is 1. The Hall–Kier alpha value is -3.55. The zero-order valence-electron chi connectivity index (χ0n) is 18.5. The Labute approximate surface area is 210 Å². The highest BCUT2D eigenvalue weighted by Gasteiger charge is 2.48. The van der Waals surface area contributed by atoms with Gasteiger partial charge in [-0.2, -0.15) is 0 Å². The van der Waals surface area contributed by atoms with Gasteiger partial charge in [-0.1, -0.05) is 41.4 Å². The molecule has 1 atom stereocenters. The minimum absolute atomic E-state index is 0.0535. The molecule has 2 aliphatic heterocycles. The van der Waals surface area contributed by atoms with E-state index < -0.39 is 29.3 Å². The number of aliphatic hydroxyl groups is 1. The van der Waals surface area contributed by atoms with E-state index in [1.807, 2.05) is 11.9 Å². The number of carbonyl (C=O) groups is 2. The van der Waals surface area contributed by atoms with E-state index in [4.69, 9.17) is 27.9 Å². The van der Waals surface area contributed by atoms with Crippen LogP contribution in [-0.4, -0.2) is 37.0 Å². The molecule has 0 spiro atoms. The molecule has 5 rings (SSSR count). The van der Waals surface area contributed by atoms with Gasteiger partial charge in [0, 0.05) is 23.9 Å². The summed E-state index contributed by atoms with van der Waals surface area (Å²) in [6.07, 6.45) is 0. The standard InChI is InChI=1S/C26H19Cl2FN2O4/c1-30-10-11-35-21-9-6-14(12-20(21)30)24(32)22-23(16-4-2-3-5-19(16)29)31(26(34)25(22)33)15-7-8-17(27)18(28)13-15/h2-9,12-13,23,32H,10-11H2,1H3/b24-22+. The topological polar surface area (TPSA) is 70.1 Å². The number of halogens is 3. The van der Waals surface area contributed by atoms with E-state index in [1.54, 1.807) is 24.3 Å². The van der Waals surface area contributed by atoms with E-state index in [0.29, 0.717) is 24.5 Å². The zero-order valence-corrected chi connectivity index (χ0v) is 20.0. The second kappa shape index (κ2) is 8.91. The molecule has 0 aliphatic carbocycles. The van der Waals surface area contributed by atoms with E-state index in [1.165, 1.54) is 36.4 Å². The molecule has 1 saturated heterocycles. The largest absolute Gasteiger partial charge is 0.507 e. The van der Waals surface area contributed by atoms with Crippen LogP contribution in [0.4, 0.5) is 15.8 Å². The predicted molar refractivity (Wildman–Crippen MR) is 133 cm³/mol. The summed E-state index contributed by atoms with van der Waals surface area (Å²) in [7, 11) is 1.88. The average molecular weight is 513 g/mol. The van der Waals surface area contributed by atoms with Gasteiger partial charge >= 0.3 is 0 Å². The van der Waals surface area contributed by atoms with Gasteiger partial charge in [0.2, 0.25) is 0 Å². The molecule has 35 heavy (non-hydrogen) atoms. The summed E-state index contributed by atoms with van der Waals surface area (Å²) in [5, 5.41) is 11.8. The number of aliphatic hydroxyl groups excluding tert-OH is 1. The van der Waals surface area contributed by atoms with Crippen molar-refractivity contribution >= 4 is 52.0 Å². The molecular formula is C26H19Cl2FN2O4. The number of ketones is 1. The monoisotopic (exact) mass is 512 g/mol. The van der Waals surface area contributed by atoms with Crippen LogP contribution in [0.25, 0.3) is 5.76 Å². The number of hydrogen-bond acceptors (Lipinski definition) is 5. The summed E-state index contributed by atoms with van der Waals surface area (Å²) in [5.41, 5.74) is 1.09. The number of carbonyl (C=O) groups excluding carboxylic acids is 2. The number of fused-ring (bicyclic) bond motifs is 1. The Morgan fingerprint density at radius 1 is 1.06 bits per heavy atom. The Morgan fingerprint density at radius 2 is 1.83 bits per heavy atom. The Morgan fingerprint density at radius 3 is 2.57 bits per heavy atom. The van der Waals surface area contributed by atoms with E-state index >= 15 is 4.39 Å². The molecule has 0 radical (unpaired) electrons. The van der Waals surface area contributed by atoms with Gasteiger partial charge in [0.1, 0.15) is 23.9 Å². The molecule has 1 N–H and O–H groups in total. The van der Waals surface area contributed by atoms with E-state index in [2.05, 4.69) is 0 Å². The summed E-state index contributed by atoms with van der Waals surface area (Å²) < 4.78 is 20.7. The third kappa shape index (κ3) is 3.90. The van der Waals surface area contributed by atoms with Crippen LogP contribution in [-0.2, 0) is 9.59 Å². The molecule has 2 heterocycles. The quantitative estimate of drug-likeness (QED) is 0.281. The van der Waals surface area contributed by atoms with Crippen LogP contribution in [0.1, 0.15) is 17.2 Å². The van der Waals surface area contributed by atoms with Crippen molar-refractivity contribution in [2.24, 2.45) is 0 Å². The van der Waals surface area contributed by atoms with Gasteiger partial charge in [-0.15, -0.1) is 0 Å². The van der Waals surface area contributed by atoms with Crippen LogP contribution in [0.2, 0.25) is 10.0 Å². The lowest BCUT2D eigenvalue weighted by molar-refractivity contribution is -0.132. The number of amides is 1. The second-order valence-corrected chi connectivity index (χ2v) is 9.06. The number of hydrogen-bond donors (Lipinski definition) is 1. The molecule has 9 heteroatoms. The molecule has 0 aromatic heterocycles. The van der Waals surface area contributed by atoms with Crippen molar-refractivity contribution in [3.8, 4) is 5.75 Å². The van der Waals surface area contributed by atoms with Gasteiger partial charge in [-0.05, 0) is 42.5 Å². The van der Waals surface area contributed by atoms with Crippen molar-refractivity contribution in [2.75, 3.05) is 30.0 Å². The summed E-state index contributed by atoms with van der Waals surface area (Å²) in [6.45, 7) is 1.17. The SMILES string of the molecule is CN1CCOc2ccc(/C(O)=C3\C(=O)C(=O)N(c4ccc(Cl)c(Cl)c4)C3c3ccccc3F)cc21. The van der Waals surface area contributed by atoms with Crippen molar-refractivity contribution in [2.45, 2.75) is 6.04 Å². The molecule has 0 saturated carbocycles. The summed E-state index contributed by atoms with van der Waals surface area (Å²) in [6, 6.07) is 14.0. The molecule has 178 valence electrons. The zero-order chi connectivity index (χ0) is 24.9. The molecule has 2 aliphatic rings. The summed E-state index contributed by atoms with van der Waals surface area (Å²) in [4.78, 5) is 29.6. The maximum absolute atomic E-state index is 15.0. The van der Waals surface area contributed by atoms with Crippen molar-refractivity contribution in [1.82, 2.24) is 0 Å². The third-order valence-corrected chi connectivity index (χ3v) is 6.89. The van der Waals surface area contributed by atoms with Gasteiger partial charge in [0.15, 0.2) is 0 Å². The van der Waals surface area contributed by atoms with Gasteiger partial charge < -0.3 is 14.7 Å². The molecule has 1 unspecified atom stereocenters. The molecule has 1 amide bonds. The van der Waals surface area contributed by atoms with Gasteiger partial charge in [0.25, 0.3) is 11.7 Å². The van der Waals surface area contributed by atoms with Crippen molar-refractivity contribution in [1.29, 1.82) is 0 Å². The van der Waals surface area contributed by atoms with Crippen molar-refractivity contribution in [3.05, 3.63) is 93.2 Å². The van der Waals surface area contributed by atoms with Crippen LogP contribution in [0.5, 0.6) is 5.75 Å². The second-order valence-electron chi connectivity index (χ2n) is 8.24. The predicted octanol–water partition coefficient (Wildman–Crippen LogP) is 5.59. The molecule has 3 aromatic rings. The highest BCUT2D eigenvalue weighted by Crippen LogP contribution is 2.44. The number of benzene rings is 3. The Balaban J connectivity index is 1.72. The van der Waals surface area contributed by atoms with E-state index in [-0.39, 0.29) is 26.9 Å². The normalized spacial score (nSPS) is 19.0. The maximum Gasteiger partial charge on any atom is 0.300 e. The highest BCUT2D eigenvalue weighted by molar-refractivity contribution is 6.52. The fraction of sp³-hybridized carbons (Fsp3) is 0.154. The first-order chi connectivity index (χ1) is 16.8. The lowest BCUT2D eigenvalue weighted by atomic mass is 9.94. The first-order valence-electron chi connectivity index (χ1n) is 10.8. The van der Waals surface area contributed by atoms with Gasteiger partial charge in [0.05, 0.1) is 33.9 Å². The van der Waals surface area contributed by atoms with Crippen LogP contribution in [0, 0.1) is 5.82 Å². The Kier molecular flexibility index (Phi) is 5.91. The lowest BCUT2D eigenvalue weighted by Crippen LogP contribution is -2.29. The number of anilines is 2. The summed E-state index contributed by atoms with van der Waals surface area (Å²) >= 11 is 12.2. The lowest BCUT2D eigenvalue weighted by Gasteiger charge is -2.28. The molecule has 1 fully saturated rings. The van der Waals surface area contributed by atoms with Crippen LogP contribution < -0.4 is 14.5 Å². The van der Waals surface area contributed by atoms with Crippen LogP contribution in [0.3, 0.4) is 0 Å². The van der Waals surface area contributed by atoms with E-state index in [9.17, 15) is 14.7 Å². The third-order valence-electron chi connectivity index (χ3n) is 6.15. The van der Waals surface area contributed by atoms with Gasteiger partial charge in [-0.25, -0.2) is 4.39 Å². The fourth-order valence-corrected chi connectivity index (χ4v) is 4.67. The van der Waals surface area contributed by atoms with Crippen LogP contribution >= 0.6 is 23.2 Å². The van der Waals surface area contributed by atoms with E-state index in [0.717, 1.165) is 10.6 Å². The van der Waals surface area contributed by atoms with Crippen LogP contribution in [0.15, 0.2) is 66.2 Å². The Bertz CT molecular complexity index is 1410. The number of ether oxygens (including phenoxy) is 1. The average Bonchev–Trinajstić information content (AvgIpc) is 3.11. The number of likely N-dealkylation sites (N-methyl/N-ethyl adjacent to an activating group) is 1. The first kappa shape index (κ1) is 23.2. The molecular weight excluding hydrogens is 494 g/mol. The minimum Gasteiger partial charge on any atom is -0.507 e. The molecule has 0 bridgehead atoms. The first-order valence-corrected chi connectivity index (χ1v) is 11.5. The summed E-state index contributed by atoms with van der Waals surface area (Å²) in [5.74, 6) is -2.27. The smallest absolute Gasteiger partial charge is 0.300 e. The fourth-order valence-electron chi connectivity index (χ4n) is 4.38. The van der Waals surface area contributed by atoms with Crippen molar-refractivity contribution < 1.29 is 23.8 Å². The van der Waals surface area contributed by atoms with Crippen molar-refractivity contribution in [3.63, 3.8) is 0 Å². The number of nitrogens with zero attached hydrogens (tertiary/aromatic N) is 2. The molecule has 6 nitrogen and oxygen atoms in total. The minimum atomic E-state index is -1.22. The number of rotatable bonds is 3. The molecule has 3 aromatic carbocycles. The maximum atomic E-state index is 15.0. The highest BCUT2D eigenvalue weighted by atomic mass is 35.5. The van der Waals surface area contributed by atoms with Gasteiger partial charge in [-0.3, -0.25) is 14.5 Å².